The summed E-state index contributed by atoms with van der Waals surface area (Å²) in [5.41, 5.74) is 18.6. The van der Waals surface area contributed by atoms with Crippen molar-refractivity contribution in [3.63, 3.8) is 0 Å². The van der Waals surface area contributed by atoms with Gasteiger partial charge in [0.2, 0.25) is 0 Å². The standard InChI is InChI=1S/C72H48N6/c1-47-19-29-55(30-20-47)77-67-17-9-7-11-59(67)65-43-57(39-41-69(65)77)75(52-33-23-49(45-73)24-34-52)53-37-27-51(28-38-53)71-61-13-3-5-15-63(61)72(64-16-6-4-14-62(64)71)76(54-35-25-50(46-74)26-36-54)58-40-42-70-66(44-58)60-12-8-10-18-68(60)78(70)56-31-21-48(2)22-32-56/h3-44H,1-2H3. The summed E-state index contributed by atoms with van der Waals surface area (Å²) in [5.74, 6) is 0. The van der Waals surface area contributed by atoms with E-state index in [0.717, 1.165) is 111 Å². The van der Waals surface area contributed by atoms with Gasteiger partial charge in [-0.2, -0.15) is 10.5 Å². The zero-order valence-electron chi connectivity index (χ0n) is 42.9. The Labute approximate surface area is 452 Å². The Morgan fingerprint density at radius 3 is 1.09 bits per heavy atom. The lowest BCUT2D eigenvalue weighted by Crippen LogP contribution is -2.12. The van der Waals surface area contributed by atoms with E-state index in [9.17, 15) is 10.5 Å². The molecule has 0 amide bonds. The molecule has 14 rings (SSSR count). The first kappa shape index (κ1) is 45.9. The van der Waals surface area contributed by atoms with Gasteiger partial charge in [-0.05, 0) is 169 Å². The van der Waals surface area contributed by atoms with E-state index in [0.29, 0.717) is 11.1 Å². The summed E-state index contributed by atoms with van der Waals surface area (Å²) in [7, 11) is 0. The molecule has 0 atom stereocenters. The van der Waals surface area contributed by atoms with Gasteiger partial charge in [0.15, 0.2) is 0 Å². The number of anilines is 6. The number of hydrogen-bond donors (Lipinski definition) is 0. The van der Waals surface area contributed by atoms with Gasteiger partial charge in [-0.1, -0.05) is 132 Å². The van der Waals surface area contributed by atoms with Crippen LogP contribution < -0.4 is 9.80 Å². The topological polar surface area (TPSA) is 63.9 Å². The van der Waals surface area contributed by atoms with Gasteiger partial charge < -0.3 is 18.9 Å². The molecule has 6 nitrogen and oxygen atoms in total. The zero-order chi connectivity index (χ0) is 52.4. The summed E-state index contributed by atoms with van der Waals surface area (Å²) < 4.78 is 4.71. The van der Waals surface area contributed by atoms with Crippen molar-refractivity contribution in [2.45, 2.75) is 13.8 Å². The molecule has 0 unspecified atom stereocenters. The van der Waals surface area contributed by atoms with Gasteiger partial charge in [0, 0.05) is 72.1 Å². The Morgan fingerprint density at radius 1 is 0.308 bits per heavy atom. The van der Waals surface area contributed by atoms with Gasteiger partial charge in [0.1, 0.15) is 0 Å². The van der Waals surface area contributed by atoms with E-state index < -0.39 is 0 Å². The van der Waals surface area contributed by atoms with Crippen molar-refractivity contribution in [1.29, 1.82) is 10.5 Å². The fourth-order valence-corrected chi connectivity index (χ4v) is 11.8. The number of nitrogens with zero attached hydrogens (tertiary/aromatic N) is 6. The van der Waals surface area contributed by atoms with Gasteiger partial charge >= 0.3 is 0 Å². The van der Waals surface area contributed by atoms with Crippen LogP contribution in [0.2, 0.25) is 0 Å². The molecule has 0 radical (unpaired) electrons. The molecule has 78 heavy (non-hydrogen) atoms. The van der Waals surface area contributed by atoms with Crippen molar-refractivity contribution >= 4 is 99.3 Å². The van der Waals surface area contributed by atoms with E-state index in [1.165, 1.54) is 21.9 Å². The van der Waals surface area contributed by atoms with E-state index in [4.69, 9.17) is 0 Å². The van der Waals surface area contributed by atoms with Crippen LogP contribution in [0.25, 0.3) is 87.7 Å². The third-order valence-electron chi connectivity index (χ3n) is 15.5. The maximum Gasteiger partial charge on any atom is 0.0991 e. The van der Waals surface area contributed by atoms with E-state index in [1.807, 2.05) is 36.4 Å². The van der Waals surface area contributed by atoms with E-state index in [1.54, 1.807) is 0 Å². The second-order valence-corrected chi connectivity index (χ2v) is 20.1. The molecule has 366 valence electrons. The summed E-state index contributed by atoms with van der Waals surface area (Å²) in [5, 5.41) is 28.9. The van der Waals surface area contributed by atoms with E-state index in [-0.39, 0.29) is 0 Å². The summed E-state index contributed by atoms with van der Waals surface area (Å²) >= 11 is 0. The predicted molar refractivity (Wildman–Crippen MR) is 324 cm³/mol. The minimum absolute atomic E-state index is 0.604. The van der Waals surface area contributed by atoms with Gasteiger partial charge in [-0.3, -0.25) is 0 Å². The normalized spacial score (nSPS) is 11.4. The Bertz CT molecular complexity index is 4690. The highest BCUT2D eigenvalue weighted by molar-refractivity contribution is 6.23. The third-order valence-corrected chi connectivity index (χ3v) is 15.5. The minimum atomic E-state index is 0.604. The molecular weight excluding hydrogens is 949 g/mol. The molecule has 0 N–H and O–H groups in total. The molecule has 2 aromatic heterocycles. The number of aryl methyl sites for hydroxylation is 2. The van der Waals surface area contributed by atoms with Crippen LogP contribution in [0.4, 0.5) is 34.1 Å². The quantitative estimate of drug-likeness (QED) is 0.135. The van der Waals surface area contributed by atoms with Crippen molar-refractivity contribution in [2.24, 2.45) is 0 Å². The molecule has 6 heteroatoms. The maximum atomic E-state index is 9.97. The predicted octanol–water partition coefficient (Wildman–Crippen LogP) is 19.2. The fraction of sp³-hybridized carbons (Fsp3) is 0.0278. The first-order valence-electron chi connectivity index (χ1n) is 26.3. The van der Waals surface area contributed by atoms with Crippen LogP contribution in [0.5, 0.6) is 0 Å². The van der Waals surface area contributed by atoms with Gasteiger partial charge in [-0.15, -0.1) is 0 Å². The van der Waals surface area contributed by atoms with Crippen LogP contribution in [0, 0.1) is 36.5 Å². The van der Waals surface area contributed by atoms with Crippen LogP contribution in [0.1, 0.15) is 22.3 Å². The van der Waals surface area contributed by atoms with Gasteiger partial charge in [0.05, 0.1) is 51.0 Å². The molecule has 0 aliphatic heterocycles. The summed E-state index contributed by atoms with van der Waals surface area (Å²) in [6.07, 6.45) is 0. The van der Waals surface area contributed by atoms with Gasteiger partial charge in [0.25, 0.3) is 0 Å². The molecule has 0 bridgehead atoms. The second-order valence-electron chi connectivity index (χ2n) is 20.1. The van der Waals surface area contributed by atoms with Crippen molar-refractivity contribution in [2.75, 3.05) is 9.80 Å². The smallest absolute Gasteiger partial charge is 0.0991 e. The Kier molecular flexibility index (Phi) is 11.0. The van der Waals surface area contributed by atoms with Crippen molar-refractivity contribution < 1.29 is 0 Å². The van der Waals surface area contributed by atoms with E-state index >= 15 is 0 Å². The highest BCUT2D eigenvalue weighted by Crippen LogP contribution is 2.50. The SMILES string of the molecule is Cc1ccc(-n2c3ccccc3c3cc(N(c4ccc(C#N)cc4)c4ccc(-c5c6ccccc6c(N(c6ccc(C#N)cc6)c6ccc7c(c6)c6ccccc6n7-c6ccc(C)cc6)c6ccccc56)cc4)ccc32)cc1. The van der Waals surface area contributed by atoms with Crippen LogP contribution >= 0.6 is 0 Å². The van der Waals surface area contributed by atoms with Crippen molar-refractivity contribution in [3.05, 3.63) is 277 Å². The summed E-state index contributed by atoms with van der Waals surface area (Å²) in [4.78, 5) is 4.66. The molecular formula is C72H48N6. The largest absolute Gasteiger partial charge is 0.310 e. The molecule has 0 spiro atoms. The molecule has 0 fully saturated rings. The number of rotatable bonds is 9. The number of para-hydroxylation sites is 2. The van der Waals surface area contributed by atoms with Crippen molar-refractivity contribution in [1.82, 2.24) is 9.13 Å². The summed E-state index contributed by atoms with van der Waals surface area (Å²) in [6, 6.07) is 95.2. The maximum absolute atomic E-state index is 9.97. The lowest BCUT2D eigenvalue weighted by molar-refractivity contribution is 1.17. The lowest BCUT2D eigenvalue weighted by Gasteiger charge is -2.30. The van der Waals surface area contributed by atoms with Crippen molar-refractivity contribution in [3.8, 4) is 34.6 Å². The average Bonchev–Trinajstić information content (AvgIpc) is 4.19. The first-order chi connectivity index (χ1) is 38.4. The van der Waals surface area contributed by atoms with Crippen LogP contribution in [0.3, 0.4) is 0 Å². The highest BCUT2D eigenvalue weighted by atomic mass is 15.2. The Morgan fingerprint density at radius 2 is 0.654 bits per heavy atom. The summed E-state index contributed by atoms with van der Waals surface area (Å²) in [6.45, 7) is 4.24. The zero-order valence-corrected chi connectivity index (χ0v) is 42.9. The minimum Gasteiger partial charge on any atom is -0.310 e. The molecule has 2 heterocycles. The first-order valence-corrected chi connectivity index (χ1v) is 26.3. The molecule has 0 aliphatic carbocycles. The van der Waals surface area contributed by atoms with E-state index in [2.05, 4.69) is 263 Å². The fourth-order valence-electron chi connectivity index (χ4n) is 11.8. The van der Waals surface area contributed by atoms with Crippen LogP contribution in [-0.4, -0.2) is 9.13 Å². The van der Waals surface area contributed by atoms with Crippen LogP contribution in [0.15, 0.2) is 255 Å². The number of hydrogen-bond acceptors (Lipinski definition) is 4. The third kappa shape index (κ3) is 7.54. The monoisotopic (exact) mass is 996 g/mol. The number of benzene rings is 12. The Hall–Kier alpha value is -10.7. The second kappa shape index (κ2) is 18.6. The van der Waals surface area contributed by atoms with Crippen LogP contribution in [-0.2, 0) is 0 Å². The number of aromatic nitrogens is 2. The molecule has 0 saturated carbocycles. The highest BCUT2D eigenvalue weighted by Gasteiger charge is 2.25. The molecule has 12 aromatic carbocycles. The number of fused-ring (bicyclic) bond motifs is 8. The average molecular weight is 997 g/mol. The molecule has 0 saturated heterocycles. The Balaban J connectivity index is 0.937. The number of nitriles is 2. The molecule has 14 aromatic rings. The van der Waals surface area contributed by atoms with Gasteiger partial charge in [-0.25, -0.2) is 0 Å². The lowest BCUT2D eigenvalue weighted by atomic mass is 9.89. The molecule has 0 aliphatic rings.